The van der Waals surface area contributed by atoms with E-state index in [4.69, 9.17) is 14.6 Å². The van der Waals surface area contributed by atoms with E-state index in [2.05, 4.69) is 36.5 Å². The quantitative estimate of drug-likeness (QED) is 0.781. The maximum atomic E-state index is 5.59. The van der Waals surface area contributed by atoms with E-state index in [1.54, 1.807) is 14.2 Å². The highest BCUT2D eigenvalue weighted by Crippen LogP contribution is 2.41. The molecular weight excluding hydrogens is 314 g/mol. The number of nitrogens with one attached hydrogen (secondary N) is 1. The van der Waals surface area contributed by atoms with E-state index in [0.717, 1.165) is 34.1 Å². The van der Waals surface area contributed by atoms with Crippen LogP contribution >= 0.6 is 0 Å². The van der Waals surface area contributed by atoms with Gasteiger partial charge < -0.3 is 14.8 Å². The van der Waals surface area contributed by atoms with Crippen LogP contribution in [0, 0.1) is 13.8 Å². The Morgan fingerprint density at radius 2 is 1.84 bits per heavy atom. The third kappa shape index (κ3) is 2.52. The van der Waals surface area contributed by atoms with Crippen molar-refractivity contribution in [3.05, 3.63) is 59.3 Å². The number of nitrogens with zero attached hydrogens (tertiary/aromatic N) is 2. The van der Waals surface area contributed by atoms with Gasteiger partial charge in [0.05, 0.1) is 25.6 Å². The van der Waals surface area contributed by atoms with E-state index >= 15 is 0 Å². The van der Waals surface area contributed by atoms with Crippen LogP contribution in [0.25, 0.3) is 11.3 Å². The fourth-order valence-electron chi connectivity index (χ4n) is 3.38. The largest absolute Gasteiger partial charge is 0.497 e. The highest BCUT2D eigenvalue weighted by Gasteiger charge is 2.28. The third-order valence-electron chi connectivity index (χ3n) is 4.58. The van der Waals surface area contributed by atoms with E-state index in [1.807, 2.05) is 29.8 Å². The first-order valence-corrected chi connectivity index (χ1v) is 8.26. The van der Waals surface area contributed by atoms with Crippen molar-refractivity contribution in [3.63, 3.8) is 0 Å². The molecule has 0 aliphatic carbocycles. The van der Waals surface area contributed by atoms with Gasteiger partial charge in [0.15, 0.2) is 6.17 Å². The molecule has 1 atom stereocenters. The molecule has 0 saturated carbocycles. The number of hydrogen-bond acceptors (Lipinski definition) is 4. The summed E-state index contributed by atoms with van der Waals surface area (Å²) in [5.41, 5.74) is 6.55. The molecular formula is C20H21N3O2. The van der Waals surface area contributed by atoms with Crippen LogP contribution in [0.5, 0.6) is 11.5 Å². The maximum Gasteiger partial charge on any atom is 0.151 e. The van der Waals surface area contributed by atoms with Crippen molar-refractivity contribution in [2.45, 2.75) is 20.0 Å². The topological polar surface area (TPSA) is 48.3 Å². The first kappa shape index (κ1) is 15.6. The van der Waals surface area contributed by atoms with E-state index in [-0.39, 0.29) is 6.17 Å². The first-order chi connectivity index (χ1) is 12.1. The van der Waals surface area contributed by atoms with Gasteiger partial charge in [-0.3, -0.25) is 0 Å². The lowest BCUT2D eigenvalue weighted by Crippen LogP contribution is -2.26. The highest BCUT2D eigenvalue weighted by molar-refractivity contribution is 5.79. The molecule has 1 unspecified atom stereocenters. The molecule has 0 fully saturated rings. The van der Waals surface area contributed by atoms with Crippen LogP contribution in [0.4, 0.5) is 5.69 Å². The Bertz CT molecular complexity index is 946. The molecule has 25 heavy (non-hydrogen) atoms. The van der Waals surface area contributed by atoms with Crippen molar-refractivity contribution < 1.29 is 9.47 Å². The minimum Gasteiger partial charge on any atom is -0.497 e. The SMILES string of the molecule is COc1ccc(OC)c(C2Nc3ccc(C)cc3-c3cc(C)nn32)c1. The molecule has 1 aliphatic heterocycles. The summed E-state index contributed by atoms with van der Waals surface area (Å²) in [6.07, 6.45) is -0.163. The van der Waals surface area contributed by atoms with Crippen LogP contribution in [0.2, 0.25) is 0 Å². The van der Waals surface area contributed by atoms with Gasteiger partial charge in [-0.25, -0.2) is 4.68 Å². The molecule has 4 rings (SSSR count). The van der Waals surface area contributed by atoms with Gasteiger partial charge in [0, 0.05) is 16.8 Å². The molecule has 0 saturated heterocycles. The lowest BCUT2D eigenvalue weighted by molar-refractivity contribution is 0.391. The number of aryl methyl sites for hydroxylation is 2. The smallest absolute Gasteiger partial charge is 0.151 e. The van der Waals surface area contributed by atoms with Crippen LogP contribution in [-0.4, -0.2) is 24.0 Å². The Hall–Kier alpha value is -2.95. The second-order valence-electron chi connectivity index (χ2n) is 6.32. The Morgan fingerprint density at radius 1 is 1.00 bits per heavy atom. The summed E-state index contributed by atoms with van der Waals surface area (Å²) in [4.78, 5) is 0. The van der Waals surface area contributed by atoms with Gasteiger partial charge in [-0.05, 0) is 50.2 Å². The van der Waals surface area contributed by atoms with Crippen molar-refractivity contribution in [3.8, 4) is 22.8 Å². The van der Waals surface area contributed by atoms with Crippen LogP contribution in [-0.2, 0) is 0 Å². The number of fused-ring (bicyclic) bond motifs is 3. The standard InChI is InChI=1S/C20H21N3O2/c1-12-5-7-17-15(9-12)18-10-13(2)22-23(18)20(21-17)16-11-14(24-3)6-8-19(16)25-4/h5-11,20-21H,1-4H3. The first-order valence-electron chi connectivity index (χ1n) is 8.26. The van der Waals surface area contributed by atoms with Crippen molar-refractivity contribution in [2.24, 2.45) is 0 Å². The molecule has 2 aromatic carbocycles. The predicted molar refractivity (Wildman–Crippen MR) is 98.4 cm³/mol. The van der Waals surface area contributed by atoms with Crippen molar-refractivity contribution in [2.75, 3.05) is 19.5 Å². The average Bonchev–Trinajstić information content (AvgIpc) is 3.02. The maximum absolute atomic E-state index is 5.59. The Kier molecular flexibility index (Phi) is 3.64. The summed E-state index contributed by atoms with van der Waals surface area (Å²) < 4.78 is 13.0. The summed E-state index contributed by atoms with van der Waals surface area (Å²) in [5.74, 6) is 1.59. The second-order valence-corrected chi connectivity index (χ2v) is 6.32. The van der Waals surface area contributed by atoms with Gasteiger partial charge in [0.1, 0.15) is 11.5 Å². The minimum atomic E-state index is -0.163. The molecule has 1 aliphatic rings. The zero-order valence-corrected chi connectivity index (χ0v) is 14.8. The van der Waals surface area contributed by atoms with Crippen molar-refractivity contribution in [1.29, 1.82) is 0 Å². The lowest BCUT2D eigenvalue weighted by Gasteiger charge is -2.30. The normalized spacial score (nSPS) is 15.1. The Labute approximate surface area is 147 Å². The van der Waals surface area contributed by atoms with Crippen LogP contribution in [0.1, 0.15) is 23.0 Å². The van der Waals surface area contributed by atoms with Gasteiger partial charge in [-0.1, -0.05) is 11.6 Å². The van der Waals surface area contributed by atoms with E-state index in [9.17, 15) is 0 Å². The number of hydrogen-bond donors (Lipinski definition) is 1. The number of methoxy groups -OCH3 is 2. The molecule has 1 N–H and O–H groups in total. The Balaban J connectivity index is 1.92. The zero-order chi connectivity index (χ0) is 17.6. The summed E-state index contributed by atoms with van der Waals surface area (Å²) in [6.45, 7) is 4.12. The van der Waals surface area contributed by atoms with Gasteiger partial charge >= 0.3 is 0 Å². The predicted octanol–water partition coefficient (Wildman–Crippen LogP) is 4.16. The summed E-state index contributed by atoms with van der Waals surface area (Å²) >= 11 is 0. The molecule has 0 radical (unpaired) electrons. The van der Waals surface area contributed by atoms with E-state index < -0.39 is 0 Å². The van der Waals surface area contributed by atoms with Crippen molar-refractivity contribution in [1.82, 2.24) is 9.78 Å². The summed E-state index contributed by atoms with van der Waals surface area (Å²) in [6, 6.07) is 14.4. The van der Waals surface area contributed by atoms with Gasteiger partial charge in [-0.15, -0.1) is 0 Å². The highest BCUT2D eigenvalue weighted by atomic mass is 16.5. The number of rotatable bonds is 3. The van der Waals surface area contributed by atoms with E-state index in [1.165, 1.54) is 11.1 Å². The third-order valence-corrected chi connectivity index (χ3v) is 4.58. The van der Waals surface area contributed by atoms with Gasteiger partial charge in [0.25, 0.3) is 0 Å². The summed E-state index contributed by atoms with van der Waals surface area (Å²) in [5, 5.41) is 8.33. The lowest BCUT2D eigenvalue weighted by atomic mass is 10.0. The second kappa shape index (κ2) is 5.84. The molecule has 0 amide bonds. The average molecular weight is 335 g/mol. The fourth-order valence-corrected chi connectivity index (χ4v) is 3.38. The molecule has 5 nitrogen and oxygen atoms in total. The zero-order valence-electron chi connectivity index (χ0n) is 14.8. The Morgan fingerprint density at radius 3 is 2.60 bits per heavy atom. The number of aromatic nitrogens is 2. The molecule has 5 heteroatoms. The summed E-state index contributed by atoms with van der Waals surface area (Å²) in [7, 11) is 3.35. The molecule has 2 heterocycles. The number of anilines is 1. The van der Waals surface area contributed by atoms with Crippen LogP contribution < -0.4 is 14.8 Å². The van der Waals surface area contributed by atoms with E-state index in [0.29, 0.717) is 0 Å². The number of ether oxygens (including phenoxy) is 2. The minimum absolute atomic E-state index is 0.163. The number of benzene rings is 2. The van der Waals surface area contributed by atoms with Crippen LogP contribution in [0.15, 0.2) is 42.5 Å². The fraction of sp³-hybridized carbons (Fsp3) is 0.250. The molecule has 3 aromatic rings. The monoisotopic (exact) mass is 335 g/mol. The molecule has 128 valence electrons. The molecule has 1 aromatic heterocycles. The molecule has 0 bridgehead atoms. The molecule has 0 spiro atoms. The van der Waals surface area contributed by atoms with Crippen molar-refractivity contribution >= 4 is 5.69 Å². The van der Waals surface area contributed by atoms with Crippen LogP contribution in [0.3, 0.4) is 0 Å². The van der Waals surface area contributed by atoms with Gasteiger partial charge in [0.2, 0.25) is 0 Å². The van der Waals surface area contributed by atoms with Gasteiger partial charge in [-0.2, -0.15) is 5.10 Å².